The summed E-state index contributed by atoms with van der Waals surface area (Å²) in [6.45, 7) is 4.48. The second-order valence-electron chi connectivity index (χ2n) is 8.34. The molecule has 170 valence electrons. The number of rotatable bonds is 6. The SMILES string of the molecule is COc1cccc2c1nc(C)n2-c1nc(N(C)CCO)nc2c1n(C)n2C1CCNCC1. The standard InChI is InChI=1S/C22H30N8O2/c1-14-24-18-16(6-5-7-17(18)32-4)29(14)20-19-21(26-22(25-20)27(2)12-13-31)30(28(19)3)15-8-10-23-11-9-15/h5-7,15,23,31H,8-13H2,1-4H3. The molecule has 5 rings (SSSR count). The first-order chi connectivity index (χ1) is 15.5. The van der Waals surface area contributed by atoms with Crippen molar-refractivity contribution in [2.75, 3.05) is 45.3 Å². The van der Waals surface area contributed by atoms with Gasteiger partial charge in [0.2, 0.25) is 5.95 Å². The molecule has 0 amide bonds. The van der Waals surface area contributed by atoms with E-state index in [1.165, 1.54) is 0 Å². The van der Waals surface area contributed by atoms with Crippen molar-refractivity contribution >= 4 is 28.1 Å². The fraction of sp³-hybridized carbons (Fsp3) is 0.500. The lowest BCUT2D eigenvalue weighted by Crippen LogP contribution is -2.36. The number of piperidine rings is 1. The van der Waals surface area contributed by atoms with E-state index in [2.05, 4.69) is 26.3 Å². The molecule has 0 saturated carbocycles. The Morgan fingerprint density at radius 3 is 2.72 bits per heavy atom. The maximum Gasteiger partial charge on any atom is 0.229 e. The number of ether oxygens (including phenoxy) is 1. The molecule has 0 atom stereocenters. The lowest BCUT2D eigenvalue weighted by Gasteiger charge is -2.34. The average molecular weight is 439 g/mol. The Kier molecular flexibility index (Phi) is 5.26. The minimum Gasteiger partial charge on any atom is -0.494 e. The molecule has 0 radical (unpaired) electrons. The van der Waals surface area contributed by atoms with Gasteiger partial charge in [0.05, 0.1) is 25.3 Å². The molecule has 4 aromatic rings. The fourth-order valence-corrected chi connectivity index (χ4v) is 4.74. The van der Waals surface area contributed by atoms with Crippen LogP contribution in [0.5, 0.6) is 5.75 Å². The fourth-order valence-electron chi connectivity index (χ4n) is 4.74. The molecule has 1 aromatic carbocycles. The highest BCUT2D eigenvalue weighted by molar-refractivity contribution is 5.89. The van der Waals surface area contributed by atoms with Crippen LogP contribution >= 0.6 is 0 Å². The van der Waals surface area contributed by atoms with E-state index in [4.69, 9.17) is 19.7 Å². The summed E-state index contributed by atoms with van der Waals surface area (Å²) in [6.07, 6.45) is 2.13. The molecule has 2 N–H and O–H groups in total. The number of aliphatic hydroxyl groups is 1. The topological polar surface area (TPSA) is 98.2 Å². The summed E-state index contributed by atoms with van der Waals surface area (Å²) in [5.74, 6) is 2.94. The lowest BCUT2D eigenvalue weighted by molar-refractivity contribution is 0.302. The Bertz CT molecular complexity index is 1260. The number of benzene rings is 1. The van der Waals surface area contributed by atoms with Crippen molar-refractivity contribution in [3.63, 3.8) is 0 Å². The molecule has 0 aliphatic carbocycles. The lowest BCUT2D eigenvalue weighted by atomic mass is 10.1. The molecule has 1 saturated heterocycles. The number of hydrogen-bond acceptors (Lipinski definition) is 7. The number of para-hydroxylation sites is 1. The largest absolute Gasteiger partial charge is 0.494 e. The summed E-state index contributed by atoms with van der Waals surface area (Å²) in [7, 11) is 5.64. The molecule has 1 fully saturated rings. The molecule has 1 aliphatic heterocycles. The maximum absolute atomic E-state index is 9.48. The summed E-state index contributed by atoms with van der Waals surface area (Å²) >= 11 is 0. The maximum atomic E-state index is 9.48. The Morgan fingerprint density at radius 1 is 1.22 bits per heavy atom. The molecule has 1 aliphatic rings. The van der Waals surface area contributed by atoms with Crippen LogP contribution in [0.15, 0.2) is 18.2 Å². The molecule has 10 heteroatoms. The highest BCUT2D eigenvalue weighted by Crippen LogP contribution is 2.34. The molecular formula is C22H30N8O2. The zero-order chi connectivity index (χ0) is 22.4. The van der Waals surface area contributed by atoms with Crippen molar-refractivity contribution in [3.05, 3.63) is 24.0 Å². The first-order valence-electron chi connectivity index (χ1n) is 11.0. The Labute approximate surface area is 186 Å². The summed E-state index contributed by atoms with van der Waals surface area (Å²) in [6, 6.07) is 6.32. The summed E-state index contributed by atoms with van der Waals surface area (Å²) in [5.41, 5.74) is 3.65. The van der Waals surface area contributed by atoms with Crippen molar-refractivity contribution in [2.24, 2.45) is 7.05 Å². The monoisotopic (exact) mass is 438 g/mol. The van der Waals surface area contributed by atoms with Crippen LogP contribution in [0.25, 0.3) is 28.0 Å². The van der Waals surface area contributed by atoms with Gasteiger partial charge in [-0.2, -0.15) is 9.97 Å². The van der Waals surface area contributed by atoms with Gasteiger partial charge < -0.3 is 20.1 Å². The summed E-state index contributed by atoms with van der Waals surface area (Å²) in [4.78, 5) is 16.5. The minimum atomic E-state index is 0.0361. The van der Waals surface area contributed by atoms with Gasteiger partial charge in [0.15, 0.2) is 11.5 Å². The number of imidazole rings is 1. The quantitative estimate of drug-likeness (QED) is 0.473. The number of anilines is 1. The van der Waals surface area contributed by atoms with Crippen LogP contribution in [0.3, 0.4) is 0 Å². The molecule has 0 bridgehead atoms. The van der Waals surface area contributed by atoms with Crippen LogP contribution < -0.4 is 15.0 Å². The molecule has 0 spiro atoms. The van der Waals surface area contributed by atoms with Crippen molar-refractivity contribution < 1.29 is 9.84 Å². The van der Waals surface area contributed by atoms with E-state index in [0.29, 0.717) is 18.5 Å². The molecular weight excluding hydrogens is 408 g/mol. The molecule has 0 unspecified atom stereocenters. The van der Waals surface area contributed by atoms with E-state index in [-0.39, 0.29) is 6.61 Å². The van der Waals surface area contributed by atoms with Crippen LogP contribution in [0, 0.1) is 6.92 Å². The van der Waals surface area contributed by atoms with Crippen molar-refractivity contribution in [1.29, 1.82) is 0 Å². The Hall–Kier alpha value is -3.11. The van der Waals surface area contributed by atoms with Crippen LogP contribution in [0.4, 0.5) is 5.95 Å². The molecule has 4 heterocycles. The summed E-state index contributed by atoms with van der Waals surface area (Å²) in [5, 5.41) is 12.9. The first kappa shape index (κ1) is 20.8. The van der Waals surface area contributed by atoms with Gasteiger partial charge in [-0.1, -0.05) is 6.07 Å². The number of nitrogens with zero attached hydrogens (tertiary/aromatic N) is 7. The Morgan fingerprint density at radius 2 is 2.00 bits per heavy atom. The van der Waals surface area contributed by atoms with E-state index < -0.39 is 0 Å². The highest BCUT2D eigenvalue weighted by atomic mass is 16.5. The third-order valence-corrected chi connectivity index (χ3v) is 6.38. The van der Waals surface area contributed by atoms with Gasteiger partial charge in [-0.3, -0.25) is 13.9 Å². The number of methoxy groups -OCH3 is 1. The van der Waals surface area contributed by atoms with Crippen LogP contribution in [0.1, 0.15) is 24.7 Å². The van der Waals surface area contributed by atoms with E-state index in [0.717, 1.165) is 65.5 Å². The van der Waals surface area contributed by atoms with Crippen molar-refractivity contribution in [1.82, 2.24) is 34.2 Å². The number of hydrogen-bond donors (Lipinski definition) is 2. The number of likely N-dealkylation sites (N-methyl/N-ethyl adjacent to an activating group) is 1. The highest BCUT2D eigenvalue weighted by Gasteiger charge is 2.28. The predicted octanol–water partition coefficient (Wildman–Crippen LogP) is 1.78. The number of aryl methyl sites for hydroxylation is 2. The van der Waals surface area contributed by atoms with E-state index in [1.807, 2.05) is 37.1 Å². The van der Waals surface area contributed by atoms with Gasteiger partial charge in [0.25, 0.3) is 0 Å². The number of aliphatic hydroxyl groups excluding tert-OH is 1. The Balaban J connectivity index is 1.76. The number of aromatic nitrogens is 6. The molecule has 32 heavy (non-hydrogen) atoms. The van der Waals surface area contributed by atoms with Crippen LogP contribution in [-0.2, 0) is 7.05 Å². The second-order valence-corrected chi connectivity index (χ2v) is 8.34. The van der Waals surface area contributed by atoms with Gasteiger partial charge in [-0.05, 0) is 45.0 Å². The van der Waals surface area contributed by atoms with Gasteiger partial charge in [-0.15, -0.1) is 0 Å². The third kappa shape index (κ3) is 3.13. The van der Waals surface area contributed by atoms with Crippen LogP contribution in [0.2, 0.25) is 0 Å². The third-order valence-electron chi connectivity index (χ3n) is 6.38. The second kappa shape index (κ2) is 8.10. The van der Waals surface area contributed by atoms with Crippen molar-refractivity contribution in [3.8, 4) is 11.6 Å². The average Bonchev–Trinajstić information content (AvgIpc) is 3.14. The van der Waals surface area contributed by atoms with E-state index in [1.54, 1.807) is 7.11 Å². The molecule has 3 aromatic heterocycles. The van der Waals surface area contributed by atoms with Crippen molar-refractivity contribution in [2.45, 2.75) is 25.8 Å². The van der Waals surface area contributed by atoms with E-state index in [9.17, 15) is 5.11 Å². The zero-order valence-electron chi connectivity index (χ0n) is 19.0. The first-order valence-corrected chi connectivity index (χ1v) is 11.0. The smallest absolute Gasteiger partial charge is 0.229 e. The normalized spacial score (nSPS) is 15.2. The van der Waals surface area contributed by atoms with Gasteiger partial charge in [0, 0.05) is 20.6 Å². The van der Waals surface area contributed by atoms with Gasteiger partial charge >= 0.3 is 0 Å². The number of fused-ring (bicyclic) bond motifs is 2. The zero-order valence-corrected chi connectivity index (χ0v) is 19.0. The summed E-state index contributed by atoms with van der Waals surface area (Å²) < 4.78 is 12.1. The van der Waals surface area contributed by atoms with Crippen LogP contribution in [-0.4, -0.2) is 74.4 Å². The van der Waals surface area contributed by atoms with Gasteiger partial charge in [-0.25, -0.2) is 4.98 Å². The minimum absolute atomic E-state index is 0.0361. The molecule has 10 nitrogen and oxygen atoms in total. The number of nitrogens with one attached hydrogen (secondary N) is 1. The predicted molar refractivity (Wildman–Crippen MR) is 124 cm³/mol. The van der Waals surface area contributed by atoms with Gasteiger partial charge in [0.1, 0.15) is 22.6 Å². The van der Waals surface area contributed by atoms with E-state index >= 15 is 0 Å².